The van der Waals surface area contributed by atoms with Gasteiger partial charge in [0, 0.05) is 37.4 Å². The predicted molar refractivity (Wildman–Crippen MR) is 98.3 cm³/mol. The van der Waals surface area contributed by atoms with E-state index >= 15 is 0 Å². The lowest BCUT2D eigenvalue weighted by Gasteiger charge is -2.33. The molecule has 0 unspecified atom stereocenters. The highest BCUT2D eigenvalue weighted by atomic mass is 19.1. The second kappa shape index (κ2) is 8.36. The van der Waals surface area contributed by atoms with Gasteiger partial charge in [-0.1, -0.05) is 26.0 Å². The third kappa shape index (κ3) is 4.85. The zero-order valence-corrected chi connectivity index (χ0v) is 15.3. The van der Waals surface area contributed by atoms with Gasteiger partial charge in [0.1, 0.15) is 11.6 Å². The van der Waals surface area contributed by atoms with E-state index in [-0.39, 0.29) is 23.7 Å². The molecule has 1 fully saturated rings. The van der Waals surface area contributed by atoms with Crippen LogP contribution in [0.2, 0.25) is 0 Å². The van der Waals surface area contributed by atoms with Gasteiger partial charge in [-0.15, -0.1) is 0 Å². The number of carbonyl (C=O) groups is 1. The predicted octanol–water partition coefficient (Wildman–Crippen LogP) is 3.13. The Labute approximate surface area is 153 Å². The molecule has 0 saturated carbocycles. The second-order valence-electron chi connectivity index (χ2n) is 7.16. The molecule has 2 heterocycles. The molecule has 0 aliphatic carbocycles. The van der Waals surface area contributed by atoms with Gasteiger partial charge in [0.25, 0.3) is 5.91 Å². The van der Waals surface area contributed by atoms with Crippen molar-refractivity contribution in [2.75, 3.05) is 13.1 Å². The van der Waals surface area contributed by atoms with Crippen molar-refractivity contribution in [1.29, 1.82) is 0 Å². The third-order valence-electron chi connectivity index (χ3n) is 4.61. The highest BCUT2D eigenvalue weighted by Crippen LogP contribution is 2.15. The van der Waals surface area contributed by atoms with E-state index in [0.29, 0.717) is 5.56 Å². The summed E-state index contributed by atoms with van der Waals surface area (Å²) < 4.78 is 13.0. The van der Waals surface area contributed by atoms with Crippen LogP contribution in [0.5, 0.6) is 0 Å². The van der Waals surface area contributed by atoms with Crippen molar-refractivity contribution in [3.05, 3.63) is 59.4 Å². The van der Waals surface area contributed by atoms with Gasteiger partial charge in [-0.25, -0.2) is 14.4 Å². The van der Waals surface area contributed by atoms with E-state index in [4.69, 9.17) is 0 Å². The van der Waals surface area contributed by atoms with Crippen molar-refractivity contribution < 1.29 is 9.18 Å². The molecule has 26 heavy (non-hydrogen) atoms. The highest BCUT2D eigenvalue weighted by Gasteiger charge is 2.22. The van der Waals surface area contributed by atoms with Crippen LogP contribution < -0.4 is 5.32 Å². The lowest BCUT2D eigenvalue weighted by molar-refractivity contribution is 0.0900. The number of hydrogen-bond donors (Lipinski definition) is 1. The summed E-state index contributed by atoms with van der Waals surface area (Å²) in [4.78, 5) is 23.3. The van der Waals surface area contributed by atoms with Gasteiger partial charge in [-0.05, 0) is 37.1 Å². The number of aromatic nitrogens is 2. The number of halogens is 1. The van der Waals surface area contributed by atoms with Crippen LogP contribution in [0.3, 0.4) is 0 Å². The Bertz CT molecular complexity index is 730. The van der Waals surface area contributed by atoms with Crippen molar-refractivity contribution in [2.45, 2.75) is 45.2 Å². The molecule has 0 bridgehead atoms. The van der Waals surface area contributed by atoms with Gasteiger partial charge in [-0.2, -0.15) is 0 Å². The molecule has 5 nitrogen and oxygen atoms in total. The quantitative estimate of drug-likeness (QED) is 0.894. The monoisotopic (exact) mass is 356 g/mol. The van der Waals surface area contributed by atoms with Crippen LogP contribution in [-0.2, 0) is 6.54 Å². The third-order valence-corrected chi connectivity index (χ3v) is 4.61. The van der Waals surface area contributed by atoms with Crippen molar-refractivity contribution in [2.24, 2.45) is 0 Å². The van der Waals surface area contributed by atoms with E-state index in [9.17, 15) is 9.18 Å². The first-order chi connectivity index (χ1) is 12.5. The minimum atomic E-state index is -0.219. The van der Waals surface area contributed by atoms with Crippen LogP contribution in [0.1, 0.15) is 54.4 Å². The molecule has 1 atom stereocenters. The summed E-state index contributed by atoms with van der Waals surface area (Å²) >= 11 is 0. The number of nitrogens with zero attached hydrogens (tertiary/aromatic N) is 3. The van der Waals surface area contributed by atoms with Crippen molar-refractivity contribution in [3.8, 4) is 0 Å². The van der Waals surface area contributed by atoms with Gasteiger partial charge in [0.2, 0.25) is 0 Å². The summed E-state index contributed by atoms with van der Waals surface area (Å²) in [6, 6.07) is 6.69. The summed E-state index contributed by atoms with van der Waals surface area (Å²) in [7, 11) is 0. The summed E-state index contributed by atoms with van der Waals surface area (Å²) in [5.41, 5.74) is 1.57. The molecule has 0 spiro atoms. The van der Waals surface area contributed by atoms with Crippen LogP contribution in [0.25, 0.3) is 0 Å². The molecule has 1 aliphatic rings. The number of carbonyl (C=O) groups excluding carboxylic acids is 1. The van der Waals surface area contributed by atoms with E-state index in [2.05, 4.69) is 20.2 Å². The summed E-state index contributed by atoms with van der Waals surface area (Å²) in [5, 5.41) is 3.09. The molecule has 138 valence electrons. The SMILES string of the molecule is CC(C)c1ncc(C(=O)N[C@@H]2CCCN(Cc3ccc(F)cc3)C2)cn1. The summed E-state index contributed by atoms with van der Waals surface area (Å²) in [6.07, 6.45) is 5.17. The Balaban J connectivity index is 1.55. The molecule has 1 saturated heterocycles. The summed E-state index contributed by atoms with van der Waals surface area (Å²) in [6.45, 7) is 6.57. The smallest absolute Gasteiger partial charge is 0.254 e. The van der Waals surface area contributed by atoms with Crippen molar-refractivity contribution in [1.82, 2.24) is 20.2 Å². The maximum Gasteiger partial charge on any atom is 0.254 e. The zero-order chi connectivity index (χ0) is 18.5. The van der Waals surface area contributed by atoms with Crippen LogP contribution >= 0.6 is 0 Å². The Hall–Kier alpha value is -2.34. The van der Waals surface area contributed by atoms with Crippen LogP contribution in [0.15, 0.2) is 36.7 Å². The summed E-state index contributed by atoms with van der Waals surface area (Å²) in [5.74, 6) is 0.632. The number of piperidine rings is 1. The molecule has 6 heteroatoms. The maximum atomic E-state index is 13.0. The van der Waals surface area contributed by atoms with Gasteiger partial charge < -0.3 is 5.32 Å². The normalized spacial score (nSPS) is 18.1. The van der Waals surface area contributed by atoms with Crippen molar-refractivity contribution in [3.63, 3.8) is 0 Å². The first-order valence-electron chi connectivity index (χ1n) is 9.11. The molecule has 1 aliphatic heterocycles. The minimum absolute atomic E-state index is 0.0986. The topological polar surface area (TPSA) is 58.1 Å². The lowest BCUT2D eigenvalue weighted by atomic mass is 10.0. The van der Waals surface area contributed by atoms with E-state index in [1.54, 1.807) is 12.4 Å². The zero-order valence-electron chi connectivity index (χ0n) is 15.3. The standard InChI is InChI=1S/C20H25FN4O/c1-14(2)19-22-10-16(11-23-19)20(26)24-18-4-3-9-25(13-18)12-15-5-7-17(21)8-6-15/h5-8,10-11,14,18H,3-4,9,12-13H2,1-2H3,(H,24,26)/t18-/m1/s1. The number of nitrogens with one attached hydrogen (secondary N) is 1. The highest BCUT2D eigenvalue weighted by molar-refractivity contribution is 5.93. The molecule has 1 aromatic carbocycles. The van der Waals surface area contributed by atoms with Gasteiger partial charge in [0.15, 0.2) is 0 Å². The molecular weight excluding hydrogens is 331 g/mol. The number of likely N-dealkylation sites (tertiary alicyclic amines) is 1. The van der Waals surface area contributed by atoms with Gasteiger partial charge in [0.05, 0.1) is 5.56 Å². The molecular formula is C20H25FN4O. The number of hydrogen-bond acceptors (Lipinski definition) is 4. The second-order valence-corrected chi connectivity index (χ2v) is 7.16. The molecule has 3 rings (SSSR count). The van der Waals surface area contributed by atoms with E-state index < -0.39 is 0 Å². The maximum absolute atomic E-state index is 13.0. The number of amides is 1. The molecule has 0 radical (unpaired) electrons. The Morgan fingerprint density at radius 2 is 1.96 bits per heavy atom. The Morgan fingerprint density at radius 3 is 2.62 bits per heavy atom. The van der Waals surface area contributed by atoms with Gasteiger partial charge >= 0.3 is 0 Å². The van der Waals surface area contributed by atoms with Crippen LogP contribution in [0, 0.1) is 5.82 Å². The first-order valence-corrected chi connectivity index (χ1v) is 9.11. The van der Waals surface area contributed by atoms with Gasteiger partial charge in [-0.3, -0.25) is 9.69 Å². The molecule has 1 aromatic heterocycles. The number of benzene rings is 1. The average molecular weight is 356 g/mol. The average Bonchev–Trinajstić information content (AvgIpc) is 2.64. The fraction of sp³-hybridized carbons (Fsp3) is 0.450. The lowest BCUT2D eigenvalue weighted by Crippen LogP contribution is -2.47. The Kier molecular flexibility index (Phi) is 5.93. The fourth-order valence-corrected chi connectivity index (χ4v) is 3.19. The number of rotatable bonds is 5. The minimum Gasteiger partial charge on any atom is -0.348 e. The van der Waals surface area contributed by atoms with Crippen LogP contribution in [-0.4, -0.2) is 39.9 Å². The van der Waals surface area contributed by atoms with E-state index in [0.717, 1.165) is 43.9 Å². The van der Waals surface area contributed by atoms with Crippen LogP contribution in [0.4, 0.5) is 4.39 Å². The Morgan fingerprint density at radius 1 is 1.27 bits per heavy atom. The molecule has 1 N–H and O–H groups in total. The largest absolute Gasteiger partial charge is 0.348 e. The first kappa shape index (κ1) is 18.5. The molecule has 2 aromatic rings. The molecule has 1 amide bonds. The van der Waals surface area contributed by atoms with E-state index in [1.807, 2.05) is 26.0 Å². The van der Waals surface area contributed by atoms with E-state index in [1.165, 1.54) is 12.1 Å². The fourth-order valence-electron chi connectivity index (χ4n) is 3.19. The van der Waals surface area contributed by atoms with Crippen molar-refractivity contribution >= 4 is 5.91 Å².